The predicted molar refractivity (Wildman–Crippen MR) is 74.7 cm³/mol. The van der Waals surface area contributed by atoms with Crippen molar-refractivity contribution in [1.82, 2.24) is 5.32 Å². The fraction of sp³-hybridized carbons (Fsp3) is 0.462. The van der Waals surface area contributed by atoms with Gasteiger partial charge in [-0.25, -0.2) is 0 Å². The van der Waals surface area contributed by atoms with Gasteiger partial charge in [-0.2, -0.15) is 0 Å². The van der Waals surface area contributed by atoms with E-state index >= 15 is 0 Å². The van der Waals surface area contributed by atoms with Crippen LogP contribution in [-0.4, -0.2) is 24.3 Å². The molecule has 2 rings (SSSR count). The van der Waals surface area contributed by atoms with E-state index in [1.165, 1.54) is 10.5 Å². The molecule has 92 valence electrons. The molecule has 4 heteroatoms. The maximum Gasteiger partial charge on any atom is 0.188 e. The third kappa shape index (κ3) is 3.16. The largest absolute Gasteiger partial charge is 0.370 e. The van der Waals surface area contributed by atoms with Gasteiger partial charge in [-0.15, -0.1) is 11.8 Å². The number of nitrogens with zero attached hydrogens (tertiary/aromatic N) is 1. The highest BCUT2D eigenvalue weighted by Crippen LogP contribution is 2.39. The van der Waals surface area contributed by atoms with Crippen molar-refractivity contribution in [3.05, 3.63) is 29.8 Å². The molecule has 17 heavy (non-hydrogen) atoms. The van der Waals surface area contributed by atoms with Crippen molar-refractivity contribution in [3.8, 4) is 0 Å². The minimum atomic E-state index is 0.337. The minimum Gasteiger partial charge on any atom is -0.370 e. The molecule has 1 heterocycles. The zero-order chi connectivity index (χ0) is 12.3. The van der Waals surface area contributed by atoms with Crippen LogP contribution in [-0.2, 0) is 0 Å². The average molecular weight is 249 g/mol. The number of nitrogens with one attached hydrogen (secondary N) is 1. The Bertz CT molecular complexity index is 415. The van der Waals surface area contributed by atoms with E-state index in [2.05, 4.69) is 48.4 Å². The van der Waals surface area contributed by atoms with Crippen LogP contribution in [0.4, 0.5) is 0 Å². The van der Waals surface area contributed by atoms with Gasteiger partial charge in [0.15, 0.2) is 5.96 Å². The van der Waals surface area contributed by atoms with Crippen molar-refractivity contribution < 1.29 is 0 Å². The quantitative estimate of drug-likeness (QED) is 0.638. The van der Waals surface area contributed by atoms with Gasteiger partial charge < -0.3 is 11.1 Å². The molecule has 1 atom stereocenters. The van der Waals surface area contributed by atoms with Gasteiger partial charge in [0.1, 0.15) is 0 Å². The van der Waals surface area contributed by atoms with Gasteiger partial charge in [0.2, 0.25) is 0 Å². The van der Waals surface area contributed by atoms with E-state index in [9.17, 15) is 0 Å². The average Bonchev–Trinajstić information content (AvgIpc) is 2.69. The van der Waals surface area contributed by atoms with E-state index in [4.69, 9.17) is 5.73 Å². The molecule has 0 amide bonds. The highest BCUT2D eigenvalue weighted by molar-refractivity contribution is 7.99. The SMILES string of the molecule is CC(C)NC(N)=NCC1CSc2ccccc21. The van der Waals surface area contributed by atoms with Crippen LogP contribution in [0.25, 0.3) is 0 Å². The number of aliphatic imine (C=N–C) groups is 1. The zero-order valence-electron chi connectivity index (χ0n) is 10.3. The van der Waals surface area contributed by atoms with Crippen LogP contribution in [0.15, 0.2) is 34.2 Å². The number of benzene rings is 1. The summed E-state index contributed by atoms with van der Waals surface area (Å²) in [7, 11) is 0. The summed E-state index contributed by atoms with van der Waals surface area (Å²) in [5, 5.41) is 3.11. The van der Waals surface area contributed by atoms with E-state index in [1.54, 1.807) is 0 Å². The molecule has 1 unspecified atom stereocenters. The number of nitrogens with two attached hydrogens (primary N) is 1. The van der Waals surface area contributed by atoms with E-state index in [-0.39, 0.29) is 0 Å². The second-order valence-electron chi connectivity index (χ2n) is 4.57. The molecular weight excluding hydrogens is 230 g/mol. The van der Waals surface area contributed by atoms with Crippen LogP contribution >= 0.6 is 11.8 Å². The number of thioether (sulfide) groups is 1. The monoisotopic (exact) mass is 249 g/mol. The number of fused-ring (bicyclic) bond motifs is 1. The third-order valence-electron chi connectivity index (χ3n) is 2.72. The van der Waals surface area contributed by atoms with Crippen molar-refractivity contribution in [2.24, 2.45) is 10.7 Å². The van der Waals surface area contributed by atoms with E-state index in [1.807, 2.05) is 11.8 Å². The second-order valence-corrected chi connectivity index (χ2v) is 5.63. The molecule has 0 fully saturated rings. The second kappa shape index (κ2) is 5.45. The molecule has 3 N–H and O–H groups in total. The first kappa shape index (κ1) is 12.3. The summed E-state index contributed by atoms with van der Waals surface area (Å²) in [5.74, 6) is 2.16. The molecule has 1 aliphatic heterocycles. The van der Waals surface area contributed by atoms with Crippen molar-refractivity contribution in [2.45, 2.75) is 30.7 Å². The summed E-state index contributed by atoms with van der Waals surface area (Å²) in [4.78, 5) is 5.81. The molecule has 3 nitrogen and oxygen atoms in total. The maximum absolute atomic E-state index is 5.80. The molecule has 0 saturated heterocycles. The van der Waals surface area contributed by atoms with Gasteiger partial charge in [0.05, 0.1) is 6.54 Å². The number of rotatable bonds is 3. The zero-order valence-corrected chi connectivity index (χ0v) is 11.1. The normalized spacial score (nSPS) is 19.5. The highest BCUT2D eigenvalue weighted by atomic mass is 32.2. The van der Waals surface area contributed by atoms with Crippen molar-refractivity contribution in [1.29, 1.82) is 0 Å². The van der Waals surface area contributed by atoms with Crippen LogP contribution < -0.4 is 11.1 Å². The molecule has 1 aromatic carbocycles. The van der Waals surface area contributed by atoms with Gasteiger partial charge in [0, 0.05) is 22.6 Å². The molecule has 0 bridgehead atoms. The van der Waals surface area contributed by atoms with Gasteiger partial charge in [-0.3, -0.25) is 4.99 Å². The fourth-order valence-electron chi connectivity index (χ4n) is 1.93. The molecule has 0 saturated carbocycles. The summed E-state index contributed by atoms with van der Waals surface area (Å²) in [6, 6.07) is 8.90. The van der Waals surface area contributed by atoms with E-state index < -0.39 is 0 Å². The standard InChI is InChI=1S/C13H19N3S/c1-9(2)16-13(14)15-7-10-8-17-12-6-4-3-5-11(10)12/h3-6,9-10H,7-8H2,1-2H3,(H3,14,15,16). The molecule has 0 aliphatic carbocycles. The Morgan fingerprint density at radius 2 is 2.29 bits per heavy atom. The van der Waals surface area contributed by atoms with Crippen molar-refractivity contribution in [2.75, 3.05) is 12.3 Å². The third-order valence-corrected chi connectivity index (χ3v) is 3.97. The molecule has 0 aromatic heterocycles. The van der Waals surface area contributed by atoms with Gasteiger partial charge in [0.25, 0.3) is 0 Å². The van der Waals surface area contributed by atoms with E-state index in [0.717, 1.165) is 12.3 Å². The topological polar surface area (TPSA) is 50.4 Å². The minimum absolute atomic E-state index is 0.337. The lowest BCUT2D eigenvalue weighted by atomic mass is 10.0. The van der Waals surface area contributed by atoms with Crippen molar-refractivity contribution >= 4 is 17.7 Å². The van der Waals surface area contributed by atoms with Gasteiger partial charge in [-0.1, -0.05) is 18.2 Å². The number of hydrogen-bond donors (Lipinski definition) is 2. The summed E-state index contributed by atoms with van der Waals surface area (Å²) in [5.41, 5.74) is 7.22. The summed E-state index contributed by atoms with van der Waals surface area (Å²) in [6.07, 6.45) is 0. The Balaban J connectivity index is 1.98. The Kier molecular flexibility index (Phi) is 3.94. The van der Waals surface area contributed by atoms with Crippen LogP contribution in [0.2, 0.25) is 0 Å². The van der Waals surface area contributed by atoms with Crippen LogP contribution in [0.5, 0.6) is 0 Å². The Morgan fingerprint density at radius 3 is 3.06 bits per heavy atom. The summed E-state index contributed by atoms with van der Waals surface area (Å²) in [6.45, 7) is 4.89. The molecule has 0 radical (unpaired) electrons. The lowest BCUT2D eigenvalue weighted by Crippen LogP contribution is -2.37. The predicted octanol–water partition coefficient (Wildman–Crippen LogP) is 2.19. The Morgan fingerprint density at radius 1 is 1.53 bits per heavy atom. The fourth-order valence-corrected chi connectivity index (χ4v) is 3.17. The highest BCUT2D eigenvalue weighted by Gasteiger charge is 2.22. The van der Waals surface area contributed by atoms with Crippen LogP contribution in [0.1, 0.15) is 25.3 Å². The maximum atomic E-state index is 5.80. The first-order valence-corrected chi connectivity index (χ1v) is 6.93. The molecular formula is C13H19N3S. The van der Waals surface area contributed by atoms with Gasteiger partial charge >= 0.3 is 0 Å². The Labute approximate surface area is 107 Å². The van der Waals surface area contributed by atoms with Crippen LogP contribution in [0, 0.1) is 0 Å². The Hall–Kier alpha value is -1.16. The summed E-state index contributed by atoms with van der Waals surface area (Å²) < 4.78 is 0. The number of hydrogen-bond acceptors (Lipinski definition) is 2. The molecule has 1 aromatic rings. The van der Waals surface area contributed by atoms with Crippen molar-refractivity contribution in [3.63, 3.8) is 0 Å². The summed E-state index contributed by atoms with van der Waals surface area (Å²) >= 11 is 1.91. The molecule has 1 aliphatic rings. The lowest BCUT2D eigenvalue weighted by Gasteiger charge is -2.11. The van der Waals surface area contributed by atoms with Gasteiger partial charge in [-0.05, 0) is 25.5 Å². The lowest BCUT2D eigenvalue weighted by molar-refractivity contribution is 0.714. The first-order valence-electron chi connectivity index (χ1n) is 5.95. The first-order chi connectivity index (χ1) is 8.16. The molecule has 0 spiro atoms. The number of guanidine groups is 1. The van der Waals surface area contributed by atoms with Crippen LogP contribution in [0.3, 0.4) is 0 Å². The van der Waals surface area contributed by atoms with E-state index in [0.29, 0.717) is 17.9 Å². The smallest absolute Gasteiger partial charge is 0.188 e.